The number of fused-ring (bicyclic) bond motifs is 1. The number of hydrogen-bond acceptors (Lipinski definition) is 5. The summed E-state index contributed by atoms with van der Waals surface area (Å²) in [6.45, 7) is 2.00. The molecule has 0 fully saturated rings. The second-order valence-electron chi connectivity index (χ2n) is 6.99. The van der Waals surface area contributed by atoms with Crippen LogP contribution in [-0.2, 0) is 13.0 Å². The van der Waals surface area contributed by atoms with Gasteiger partial charge in [0.25, 0.3) is 11.5 Å². The molecule has 4 rings (SSSR count). The van der Waals surface area contributed by atoms with E-state index in [1.807, 2.05) is 36.4 Å². The molecule has 6 nitrogen and oxygen atoms in total. The van der Waals surface area contributed by atoms with Gasteiger partial charge in [-0.05, 0) is 35.7 Å². The van der Waals surface area contributed by atoms with Crippen LogP contribution in [-0.4, -0.2) is 15.5 Å². The first-order valence-electron chi connectivity index (χ1n) is 9.33. The van der Waals surface area contributed by atoms with E-state index in [-0.39, 0.29) is 12.1 Å². The first kappa shape index (κ1) is 19.6. The van der Waals surface area contributed by atoms with Crippen molar-refractivity contribution in [3.63, 3.8) is 0 Å². The van der Waals surface area contributed by atoms with E-state index in [2.05, 4.69) is 6.07 Å². The number of nitrogens with two attached hydrogens (primary N) is 1. The number of nitrogens with zero attached hydrogens (tertiary/aromatic N) is 3. The number of carbonyl (C=O) groups excluding carboxylic acids is 1. The number of rotatable bonds is 5. The van der Waals surface area contributed by atoms with Gasteiger partial charge in [0.15, 0.2) is 0 Å². The lowest BCUT2D eigenvalue weighted by molar-refractivity contribution is 0.100. The Kier molecular flexibility index (Phi) is 5.17. The van der Waals surface area contributed by atoms with Crippen LogP contribution in [0.1, 0.15) is 37.7 Å². The highest BCUT2D eigenvalue weighted by Crippen LogP contribution is 2.27. The van der Waals surface area contributed by atoms with Gasteiger partial charge < -0.3 is 5.73 Å². The fourth-order valence-corrected chi connectivity index (χ4v) is 4.53. The fraction of sp³-hybridized carbons (Fsp3) is 0.130. The van der Waals surface area contributed by atoms with E-state index in [1.165, 1.54) is 0 Å². The SMILES string of the molecule is Cc1c(C(N)=O)sc2nc(Cc3ccccc3)n(Cc3cccc(C#N)c3)c(=O)c12. The summed E-state index contributed by atoms with van der Waals surface area (Å²) in [6.07, 6.45) is 0.465. The van der Waals surface area contributed by atoms with Crippen molar-refractivity contribution in [3.05, 3.63) is 97.9 Å². The number of primary amides is 1. The van der Waals surface area contributed by atoms with E-state index in [4.69, 9.17) is 10.7 Å². The van der Waals surface area contributed by atoms with Crippen molar-refractivity contribution in [2.75, 3.05) is 0 Å². The summed E-state index contributed by atoms with van der Waals surface area (Å²) < 4.78 is 1.62. The monoisotopic (exact) mass is 414 g/mol. The fourth-order valence-electron chi connectivity index (χ4n) is 3.49. The maximum atomic E-state index is 13.5. The number of nitriles is 1. The molecule has 2 aromatic carbocycles. The van der Waals surface area contributed by atoms with Gasteiger partial charge in [-0.1, -0.05) is 42.5 Å². The molecule has 148 valence electrons. The van der Waals surface area contributed by atoms with Crippen molar-refractivity contribution >= 4 is 27.5 Å². The first-order chi connectivity index (χ1) is 14.5. The molecule has 0 radical (unpaired) electrons. The molecule has 1 amide bonds. The number of aryl methyl sites for hydroxylation is 1. The van der Waals surface area contributed by atoms with Crippen LogP contribution in [0.5, 0.6) is 0 Å². The Hall–Kier alpha value is -3.76. The third-order valence-electron chi connectivity index (χ3n) is 4.96. The van der Waals surface area contributed by atoms with Crippen molar-refractivity contribution in [2.45, 2.75) is 19.9 Å². The molecule has 0 unspecified atom stereocenters. The highest BCUT2D eigenvalue weighted by molar-refractivity contribution is 7.20. The van der Waals surface area contributed by atoms with Crippen LogP contribution in [0.3, 0.4) is 0 Å². The Balaban J connectivity index is 1.92. The number of amides is 1. The van der Waals surface area contributed by atoms with Crippen LogP contribution in [0.15, 0.2) is 59.4 Å². The van der Waals surface area contributed by atoms with Crippen LogP contribution in [0.2, 0.25) is 0 Å². The van der Waals surface area contributed by atoms with Crippen LogP contribution >= 0.6 is 11.3 Å². The minimum Gasteiger partial charge on any atom is -0.365 e. The van der Waals surface area contributed by atoms with Crippen molar-refractivity contribution in [1.82, 2.24) is 9.55 Å². The molecule has 0 atom stereocenters. The molecule has 0 aliphatic heterocycles. The summed E-state index contributed by atoms with van der Waals surface area (Å²) in [4.78, 5) is 30.9. The topological polar surface area (TPSA) is 102 Å². The van der Waals surface area contributed by atoms with Crippen molar-refractivity contribution in [3.8, 4) is 6.07 Å². The molecular weight excluding hydrogens is 396 g/mol. The maximum absolute atomic E-state index is 13.5. The summed E-state index contributed by atoms with van der Waals surface area (Å²) in [5.74, 6) is 0.0334. The van der Waals surface area contributed by atoms with Gasteiger partial charge in [0.05, 0.1) is 28.4 Å². The molecular formula is C23H18N4O2S. The van der Waals surface area contributed by atoms with Gasteiger partial charge in [0.2, 0.25) is 0 Å². The number of aromatic nitrogens is 2. The minimum atomic E-state index is -0.562. The standard InChI is InChI=1S/C23H18N4O2S/c1-14-19-22(30-20(14)21(25)28)26-18(11-15-6-3-2-4-7-15)27(23(19)29)13-17-9-5-8-16(10-17)12-24/h2-10H,11,13H2,1H3,(H2,25,28). The lowest BCUT2D eigenvalue weighted by Gasteiger charge is -2.13. The van der Waals surface area contributed by atoms with Gasteiger partial charge in [-0.15, -0.1) is 11.3 Å². The van der Waals surface area contributed by atoms with E-state index in [9.17, 15) is 14.9 Å². The van der Waals surface area contributed by atoms with Gasteiger partial charge in [0, 0.05) is 6.42 Å². The molecule has 30 heavy (non-hydrogen) atoms. The predicted molar refractivity (Wildman–Crippen MR) is 117 cm³/mol. The number of carbonyl (C=O) groups is 1. The number of hydrogen-bond donors (Lipinski definition) is 1. The van der Waals surface area contributed by atoms with Gasteiger partial charge in [-0.3, -0.25) is 14.2 Å². The summed E-state index contributed by atoms with van der Waals surface area (Å²) in [5.41, 5.74) is 8.21. The summed E-state index contributed by atoms with van der Waals surface area (Å²) in [7, 11) is 0. The van der Waals surface area contributed by atoms with E-state index in [0.29, 0.717) is 38.5 Å². The Morgan fingerprint density at radius 3 is 2.60 bits per heavy atom. The van der Waals surface area contributed by atoms with Gasteiger partial charge in [-0.25, -0.2) is 4.98 Å². The van der Waals surface area contributed by atoms with Crippen LogP contribution in [0.25, 0.3) is 10.2 Å². The lowest BCUT2D eigenvalue weighted by Crippen LogP contribution is -2.26. The van der Waals surface area contributed by atoms with E-state index >= 15 is 0 Å². The average molecular weight is 414 g/mol. The normalized spacial score (nSPS) is 10.8. The molecule has 0 bridgehead atoms. The molecule has 7 heteroatoms. The number of benzene rings is 2. The molecule has 0 aliphatic rings. The smallest absolute Gasteiger partial charge is 0.262 e. The van der Waals surface area contributed by atoms with E-state index in [1.54, 1.807) is 29.7 Å². The number of thiophene rings is 1. The summed E-state index contributed by atoms with van der Waals surface area (Å²) in [6, 6.07) is 19.0. The largest absolute Gasteiger partial charge is 0.365 e. The van der Waals surface area contributed by atoms with Gasteiger partial charge in [0.1, 0.15) is 10.7 Å². The predicted octanol–water partition coefficient (Wildman–Crippen LogP) is 3.38. The van der Waals surface area contributed by atoms with E-state index in [0.717, 1.165) is 22.5 Å². The molecule has 2 aromatic heterocycles. The Bertz CT molecular complexity index is 1360. The lowest BCUT2D eigenvalue weighted by atomic mass is 10.1. The van der Waals surface area contributed by atoms with Crippen LogP contribution in [0.4, 0.5) is 0 Å². The maximum Gasteiger partial charge on any atom is 0.262 e. The molecule has 0 aliphatic carbocycles. The average Bonchev–Trinajstić information content (AvgIpc) is 3.08. The molecule has 0 saturated heterocycles. The zero-order chi connectivity index (χ0) is 21.3. The van der Waals surface area contributed by atoms with E-state index < -0.39 is 5.91 Å². The van der Waals surface area contributed by atoms with Crippen LogP contribution in [0, 0.1) is 18.3 Å². The summed E-state index contributed by atoms with van der Waals surface area (Å²) >= 11 is 1.15. The second kappa shape index (κ2) is 7.93. The molecule has 0 saturated carbocycles. The Morgan fingerprint density at radius 1 is 1.17 bits per heavy atom. The van der Waals surface area contributed by atoms with Gasteiger partial charge >= 0.3 is 0 Å². The molecule has 2 heterocycles. The first-order valence-corrected chi connectivity index (χ1v) is 10.1. The second-order valence-corrected chi connectivity index (χ2v) is 7.99. The zero-order valence-corrected chi connectivity index (χ0v) is 17.1. The molecule has 4 aromatic rings. The molecule has 2 N–H and O–H groups in total. The van der Waals surface area contributed by atoms with Crippen molar-refractivity contribution in [2.24, 2.45) is 5.73 Å². The van der Waals surface area contributed by atoms with Crippen molar-refractivity contribution in [1.29, 1.82) is 5.26 Å². The van der Waals surface area contributed by atoms with Gasteiger partial charge in [-0.2, -0.15) is 5.26 Å². The third-order valence-corrected chi connectivity index (χ3v) is 6.16. The Labute approximate surface area is 176 Å². The Morgan fingerprint density at radius 2 is 1.90 bits per heavy atom. The van der Waals surface area contributed by atoms with Crippen LogP contribution < -0.4 is 11.3 Å². The highest BCUT2D eigenvalue weighted by Gasteiger charge is 2.20. The minimum absolute atomic E-state index is 0.213. The molecule has 0 spiro atoms. The third kappa shape index (κ3) is 3.61. The zero-order valence-electron chi connectivity index (χ0n) is 16.3. The van der Waals surface area contributed by atoms with Crippen molar-refractivity contribution < 1.29 is 4.79 Å². The summed E-state index contributed by atoms with van der Waals surface area (Å²) in [5, 5.41) is 9.61. The highest BCUT2D eigenvalue weighted by atomic mass is 32.1. The quantitative estimate of drug-likeness (QED) is 0.541.